The zero-order valence-corrected chi connectivity index (χ0v) is 16.4. The van der Waals surface area contributed by atoms with Gasteiger partial charge in [0.1, 0.15) is 12.2 Å². The van der Waals surface area contributed by atoms with Gasteiger partial charge < -0.3 is 19.0 Å². The average molecular weight is 390 g/mol. The summed E-state index contributed by atoms with van der Waals surface area (Å²) in [6.07, 6.45) is -0.417. The summed E-state index contributed by atoms with van der Waals surface area (Å²) in [4.78, 5) is 11.8. The fourth-order valence-electron chi connectivity index (χ4n) is 2.88. The van der Waals surface area contributed by atoms with Gasteiger partial charge in [-0.2, -0.15) is 0 Å². The molecule has 0 aliphatic carbocycles. The third kappa shape index (κ3) is 7.27. The average Bonchev–Trinajstić information content (AvgIpc) is 2.79. The number of ether oxygens (including phenoxy) is 3. The lowest BCUT2D eigenvalue weighted by Crippen LogP contribution is -2.36. The summed E-state index contributed by atoms with van der Waals surface area (Å²) < 4.78 is 17.7. The molecule has 0 saturated carbocycles. The van der Waals surface area contributed by atoms with Gasteiger partial charge in [-0.3, -0.25) is 0 Å². The smallest absolute Gasteiger partial charge is 0.151 e. The minimum absolute atomic E-state index is 0.264. The van der Waals surface area contributed by atoms with Crippen molar-refractivity contribution < 1.29 is 19.0 Å². The van der Waals surface area contributed by atoms with E-state index in [1.54, 1.807) is 0 Å². The van der Waals surface area contributed by atoms with Crippen LogP contribution in [-0.4, -0.2) is 25.1 Å². The lowest BCUT2D eigenvalue weighted by atomic mass is 10.2. The summed E-state index contributed by atoms with van der Waals surface area (Å²) in [5, 5.41) is 0. The fourth-order valence-corrected chi connectivity index (χ4v) is 2.88. The van der Waals surface area contributed by atoms with E-state index in [2.05, 4.69) is 0 Å². The van der Waals surface area contributed by atoms with E-state index in [4.69, 9.17) is 14.2 Å². The van der Waals surface area contributed by atoms with Crippen LogP contribution in [0.15, 0.2) is 91.0 Å². The molecule has 0 N–H and O–H groups in total. The normalized spacial score (nSPS) is 13.0. The molecule has 0 fully saturated rings. The highest BCUT2D eigenvalue weighted by molar-refractivity contribution is 5.57. The number of carbonyl (C=O) groups is 1. The summed E-state index contributed by atoms with van der Waals surface area (Å²) in [6, 6.07) is 29.5. The molecule has 0 spiro atoms. The molecule has 29 heavy (non-hydrogen) atoms. The Hall–Kier alpha value is -2.79. The van der Waals surface area contributed by atoms with Gasteiger partial charge in [0, 0.05) is 0 Å². The Labute approximate surface area is 172 Å². The van der Waals surface area contributed by atoms with Gasteiger partial charge in [0.15, 0.2) is 6.29 Å². The zero-order valence-electron chi connectivity index (χ0n) is 16.4. The van der Waals surface area contributed by atoms with Crippen molar-refractivity contribution in [2.24, 2.45) is 0 Å². The van der Waals surface area contributed by atoms with E-state index in [9.17, 15) is 4.79 Å². The van der Waals surface area contributed by atoms with Crippen LogP contribution >= 0.6 is 0 Å². The van der Waals surface area contributed by atoms with Gasteiger partial charge >= 0.3 is 0 Å². The second kappa shape index (κ2) is 11.9. The second-order valence-corrected chi connectivity index (χ2v) is 6.73. The topological polar surface area (TPSA) is 44.8 Å². The monoisotopic (exact) mass is 390 g/mol. The molecule has 0 aliphatic heterocycles. The third-order valence-corrected chi connectivity index (χ3v) is 4.49. The van der Waals surface area contributed by atoms with Crippen molar-refractivity contribution in [3.63, 3.8) is 0 Å². The molecule has 3 aromatic rings. The van der Waals surface area contributed by atoms with E-state index in [1.165, 1.54) is 0 Å². The first-order valence-corrected chi connectivity index (χ1v) is 9.73. The number of rotatable bonds is 12. The van der Waals surface area contributed by atoms with Crippen molar-refractivity contribution >= 4 is 6.29 Å². The van der Waals surface area contributed by atoms with Crippen molar-refractivity contribution in [3.05, 3.63) is 108 Å². The van der Waals surface area contributed by atoms with Crippen molar-refractivity contribution in [2.45, 2.75) is 32.0 Å². The van der Waals surface area contributed by atoms with Crippen LogP contribution in [0.4, 0.5) is 0 Å². The molecule has 2 atom stereocenters. The lowest BCUT2D eigenvalue weighted by molar-refractivity contribution is -0.141. The first-order chi connectivity index (χ1) is 14.3. The standard InChI is InChI=1S/C25H26O4/c26-16-24(28-18-22-12-6-2-7-13-22)25(29-19-23-14-8-3-9-15-23)20-27-17-21-10-4-1-5-11-21/h1-16,24-25H,17-20H2/t24-,25-/m1/s1. The van der Waals surface area contributed by atoms with Crippen LogP contribution in [0.25, 0.3) is 0 Å². The number of aldehydes is 1. The minimum Gasteiger partial charge on any atom is -0.374 e. The molecule has 0 saturated heterocycles. The Morgan fingerprint density at radius 2 is 1.07 bits per heavy atom. The Morgan fingerprint density at radius 1 is 0.621 bits per heavy atom. The molecule has 0 amide bonds. The van der Waals surface area contributed by atoms with Crippen LogP contribution in [0.2, 0.25) is 0 Å². The van der Waals surface area contributed by atoms with Gasteiger partial charge in [0.25, 0.3) is 0 Å². The molecule has 0 aromatic heterocycles. The van der Waals surface area contributed by atoms with Gasteiger partial charge in [-0.25, -0.2) is 0 Å². The van der Waals surface area contributed by atoms with Crippen molar-refractivity contribution in [1.29, 1.82) is 0 Å². The van der Waals surface area contributed by atoms with Crippen LogP contribution in [0.1, 0.15) is 16.7 Å². The summed E-state index contributed by atoms with van der Waals surface area (Å²) in [6.45, 7) is 1.45. The van der Waals surface area contributed by atoms with E-state index in [-0.39, 0.29) is 6.61 Å². The van der Waals surface area contributed by atoms with Crippen LogP contribution in [0.5, 0.6) is 0 Å². The fraction of sp³-hybridized carbons (Fsp3) is 0.240. The quantitative estimate of drug-likeness (QED) is 0.425. The highest BCUT2D eigenvalue weighted by Crippen LogP contribution is 2.12. The van der Waals surface area contributed by atoms with Gasteiger partial charge in [-0.1, -0.05) is 91.0 Å². The van der Waals surface area contributed by atoms with Crippen molar-refractivity contribution in [3.8, 4) is 0 Å². The molecule has 0 unspecified atom stereocenters. The van der Waals surface area contributed by atoms with E-state index in [0.717, 1.165) is 23.0 Å². The van der Waals surface area contributed by atoms with E-state index in [1.807, 2.05) is 91.0 Å². The predicted octanol–water partition coefficient (Wildman–Crippen LogP) is 4.57. The summed E-state index contributed by atoms with van der Waals surface area (Å²) in [7, 11) is 0. The molecular formula is C25H26O4. The number of carbonyl (C=O) groups excluding carboxylic acids is 1. The molecular weight excluding hydrogens is 364 g/mol. The van der Waals surface area contributed by atoms with E-state index >= 15 is 0 Å². The Kier molecular flexibility index (Phi) is 8.60. The highest BCUT2D eigenvalue weighted by Gasteiger charge is 2.23. The Morgan fingerprint density at radius 3 is 1.55 bits per heavy atom. The van der Waals surface area contributed by atoms with E-state index < -0.39 is 12.2 Å². The van der Waals surface area contributed by atoms with Crippen LogP contribution < -0.4 is 0 Å². The van der Waals surface area contributed by atoms with Crippen LogP contribution in [-0.2, 0) is 38.8 Å². The molecule has 150 valence electrons. The SMILES string of the molecule is O=C[C@@H](OCc1ccccc1)[C@@H](COCc1ccccc1)OCc1ccccc1. The number of hydrogen-bond acceptors (Lipinski definition) is 4. The predicted molar refractivity (Wildman–Crippen MR) is 112 cm³/mol. The van der Waals surface area contributed by atoms with Gasteiger partial charge in [-0.05, 0) is 16.7 Å². The highest BCUT2D eigenvalue weighted by atomic mass is 16.6. The van der Waals surface area contributed by atoms with Gasteiger partial charge in [0.2, 0.25) is 0 Å². The zero-order chi connectivity index (χ0) is 20.2. The maximum Gasteiger partial charge on any atom is 0.151 e. The molecule has 4 heteroatoms. The summed E-state index contributed by atoms with van der Waals surface area (Å²) in [5.41, 5.74) is 3.11. The first kappa shape index (κ1) is 20.9. The van der Waals surface area contributed by atoms with Crippen molar-refractivity contribution in [1.82, 2.24) is 0 Å². The van der Waals surface area contributed by atoms with Crippen LogP contribution in [0, 0.1) is 0 Å². The van der Waals surface area contributed by atoms with Gasteiger partial charge in [0.05, 0.1) is 26.4 Å². The molecule has 3 rings (SSSR count). The Bertz CT molecular complexity index is 821. The van der Waals surface area contributed by atoms with E-state index in [0.29, 0.717) is 19.8 Å². The molecule has 0 radical (unpaired) electrons. The largest absolute Gasteiger partial charge is 0.374 e. The number of hydrogen-bond donors (Lipinski definition) is 0. The minimum atomic E-state index is -0.713. The second-order valence-electron chi connectivity index (χ2n) is 6.73. The van der Waals surface area contributed by atoms with Crippen molar-refractivity contribution in [2.75, 3.05) is 6.61 Å². The maximum absolute atomic E-state index is 11.8. The molecule has 0 heterocycles. The molecule has 3 aromatic carbocycles. The Balaban J connectivity index is 1.59. The molecule has 0 bridgehead atoms. The number of benzene rings is 3. The molecule has 4 nitrogen and oxygen atoms in total. The summed E-state index contributed by atoms with van der Waals surface area (Å²) in [5.74, 6) is 0. The first-order valence-electron chi connectivity index (χ1n) is 9.73. The van der Waals surface area contributed by atoms with Gasteiger partial charge in [-0.15, -0.1) is 0 Å². The maximum atomic E-state index is 11.8. The third-order valence-electron chi connectivity index (χ3n) is 4.49. The summed E-state index contributed by atoms with van der Waals surface area (Å²) >= 11 is 0. The van der Waals surface area contributed by atoms with Crippen LogP contribution in [0.3, 0.4) is 0 Å². The molecule has 0 aliphatic rings. The lowest BCUT2D eigenvalue weighted by Gasteiger charge is -2.24.